The van der Waals surface area contributed by atoms with Crippen LogP contribution in [0.15, 0.2) is 39.6 Å². The van der Waals surface area contributed by atoms with E-state index in [-0.39, 0.29) is 4.90 Å². The Morgan fingerprint density at radius 2 is 1.84 bits per heavy atom. The fourth-order valence-corrected chi connectivity index (χ4v) is 4.43. The van der Waals surface area contributed by atoms with Gasteiger partial charge in [0.05, 0.1) is 0 Å². The quantitative estimate of drug-likeness (QED) is 0.755. The van der Waals surface area contributed by atoms with Gasteiger partial charge in [-0.25, -0.2) is 8.42 Å². The SMILES string of the molecule is CCc1nnc(-c2c(C)c(S(=O)(=O)Nc3ccccc3)c(C)n2C)o1. The number of nitrogens with one attached hydrogen (secondary N) is 1. The highest BCUT2D eigenvalue weighted by Crippen LogP contribution is 2.33. The summed E-state index contributed by atoms with van der Waals surface area (Å²) in [6.45, 7) is 5.42. The normalized spacial score (nSPS) is 11.7. The van der Waals surface area contributed by atoms with E-state index >= 15 is 0 Å². The summed E-state index contributed by atoms with van der Waals surface area (Å²) in [4.78, 5) is 0.227. The Morgan fingerprint density at radius 3 is 2.44 bits per heavy atom. The molecule has 0 unspecified atom stereocenters. The number of para-hydroxylation sites is 1. The second-order valence-electron chi connectivity index (χ2n) is 5.77. The molecule has 0 fully saturated rings. The lowest BCUT2D eigenvalue weighted by Crippen LogP contribution is -2.14. The molecule has 0 spiro atoms. The number of hydrogen-bond donors (Lipinski definition) is 1. The highest BCUT2D eigenvalue weighted by atomic mass is 32.2. The fourth-order valence-electron chi connectivity index (χ4n) is 2.85. The maximum Gasteiger partial charge on any atom is 0.264 e. The molecular formula is C17H20N4O3S. The first-order chi connectivity index (χ1) is 11.8. The van der Waals surface area contributed by atoms with Crippen LogP contribution in [-0.4, -0.2) is 23.2 Å². The molecule has 0 atom stereocenters. The highest BCUT2D eigenvalue weighted by Gasteiger charge is 2.28. The number of hydrogen-bond acceptors (Lipinski definition) is 5. The molecule has 0 amide bonds. The topological polar surface area (TPSA) is 90.0 Å². The van der Waals surface area contributed by atoms with Crippen LogP contribution in [0.2, 0.25) is 0 Å². The lowest BCUT2D eigenvalue weighted by atomic mass is 10.2. The molecule has 7 nitrogen and oxygen atoms in total. The average molecular weight is 360 g/mol. The Kier molecular flexibility index (Phi) is 4.38. The van der Waals surface area contributed by atoms with Gasteiger partial charge in [-0.15, -0.1) is 10.2 Å². The second kappa shape index (κ2) is 6.36. The van der Waals surface area contributed by atoms with E-state index in [0.29, 0.717) is 40.8 Å². The van der Waals surface area contributed by atoms with Crippen LogP contribution in [0.1, 0.15) is 24.1 Å². The largest absolute Gasteiger partial charge is 0.419 e. The Bertz CT molecular complexity index is 1000. The van der Waals surface area contributed by atoms with Gasteiger partial charge < -0.3 is 8.98 Å². The van der Waals surface area contributed by atoms with E-state index in [0.717, 1.165) is 0 Å². The molecule has 0 saturated heterocycles. The molecule has 0 aliphatic carbocycles. The molecule has 1 N–H and O–H groups in total. The van der Waals surface area contributed by atoms with Gasteiger partial charge in [0.2, 0.25) is 5.89 Å². The molecule has 0 aliphatic rings. The van der Waals surface area contributed by atoms with Crippen molar-refractivity contribution in [2.75, 3.05) is 4.72 Å². The number of anilines is 1. The third-order valence-electron chi connectivity index (χ3n) is 4.13. The average Bonchev–Trinajstić information content (AvgIpc) is 3.11. The summed E-state index contributed by atoms with van der Waals surface area (Å²) >= 11 is 0. The van der Waals surface area contributed by atoms with Gasteiger partial charge in [-0.3, -0.25) is 4.72 Å². The zero-order chi connectivity index (χ0) is 18.2. The Balaban J connectivity index is 2.10. The van der Waals surface area contributed by atoms with Crippen LogP contribution in [0.5, 0.6) is 0 Å². The van der Waals surface area contributed by atoms with Gasteiger partial charge in [0.25, 0.3) is 15.9 Å². The minimum Gasteiger partial charge on any atom is -0.419 e. The van der Waals surface area contributed by atoms with Crippen molar-refractivity contribution in [1.82, 2.24) is 14.8 Å². The van der Waals surface area contributed by atoms with E-state index in [9.17, 15) is 8.42 Å². The highest BCUT2D eigenvalue weighted by molar-refractivity contribution is 7.92. The molecule has 0 saturated carbocycles. The number of benzene rings is 1. The maximum absolute atomic E-state index is 12.9. The van der Waals surface area contributed by atoms with Gasteiger partial charge in [-0.2, -0.15) is 0 Å². The van der Waals surface area contributed by atoms with Crippen LogP contribution >= 0.6 is 0 Å². The third kappa shape index (κ3) is 3.05. The second-order valence-corrected chi connectivity index (χ2v) is 7.39. The van der Waals surface area contributed by atoms with Gasteiger partial charge in [-0.1, -0.05) is 25.1 Å². The van der Waals surface area contributed by atoms with E-state index in [1.807, 2.05) is 13.0 Å². The van der Waals surface area contributed by atoms with Gasteiger partial charge >= 0.3 is 0 Å². The summed E-state index contributed by atoms with van der Waals surface area (Å²) in [7, 11) is -1.96. The van der Waals surface area contributed by atoms with E-state index in [1.54, 1.807) is 49.7 Å². The van der Waals surface area contributed by atoms with Crippen LogP contribution in [0, 0.1) is 13.8 Å². The predicted molar refractivity (Wildman–Crippen MR) is 94.8 cm³/mol. The summed E-state index contributed by atoms with van der Waals surface area (Å²) in [5, 5.41) is 8.01. The standard InChI is InChI=1S/C17H20N4O3S/c1-5-14-18-19-17(24-14)15-11(2)16(12(3)21(15)4)25(22,23)20-13-9-7-6-8-10-13/h6-10,20H,5H2,1-4H3. The first-order valence-corrected chi connectivity index (χ1v) is 9.40. The van der Waals surface area contributed by atoms with Crippen LogP contribution in [0.3, 0.4) is 0 Å². The monoisotopic (exact) mass is 360 g/mol. The van der Waals surface area contributed by atoms with E-state index in [2.05, 4.69) is 14.9 Å². The number of aryl methyl sites for hydroxylation is 1. The van der Waals surface area contributed by atoms with Crippen molar-refractivity contribution in [2.45, 2.75) is 32.1 Å². The lowest BCUT2D eigenvalue weighted by Gasteiger charge is -2.09. The van der Waals surface area contributed by atoms with Crippen LogP contribution in [0.4, 0.5) is 5.69 Å². The Hall–Kier alpha value is -2.61. The van der Waals surface area contributed by atoms with Crippen LogP contribution < -0.4 is 4.72 Å². The van der Waals surface area contributed by atoms with Gasteiger partial charge in [-0.05, 0) is 26.0 Å². The molecule has 0 bridgehead atoms. The van der Waals surface area contributed by atoms with E-state index in [4.69, 9.17) is 4.42 Å². The zero-order valence-electron chi connectivity index (χ0n) is 14.6. The summed E-state index contributed by atoms with van der Waals surface area (Å²) < 4.78 is 35.8. The van der Waals surface area contributed by atoms with E-state index < -0.39 is 10.0 Å². The third-order valence-corrected chi connectivity index (χ3v) is 5.77. The molecule has 2 aromatic heterocycles. The maximum atomic E-state index is 12.9. The van der Waals surface area contributed by atoms with Crippen molar-refractivity contribution in [3.05, 3.63) is 47.5 Å². The summed E-state index contributed by atoms with van der Waals surface area (Å²) in [6, 6.07) is 8.79. The van der Waals surface area contributed by atoms with Crippen molar-refractivity contribution >= 4 is 15.7 Å². The summed E-state index contributed by atoms with van der Waals surface area (Å²) in [5.74, 6) is 0.834. The molecule has 2 heterocycles. The molecule has 3 rings (SSSR count). The minimum atomic E-state index is -3.74. The van der Waals surface area contributed by atoms with Crippen LogP contribution in [-0.2, 0) is 23.5 Å². The van der Waals surface area contributed by atoms with Crippen molar-refractivity contribution in [2.24, 2.45) is 7.05 Å². The van der Waals surface area contributed by atoms with Crippen molar-refractivity contribution in [3.63, 3.8) is 0 Å². The molecule has 3 aromatic rings. The van der Waals surface area contributed by atoms with Crippen molar-refractivity contribution in [3.8, 4) is 11.6 Å². The van der Waals surface area contributed by atoms with E-state index in [1.165, 1.54) is 0 Å². The van der Waals surface area contributed by atoms with Crippen molar-refractivity contribution in [1.29, 1.82) is 0 Å². The summed E-state index contributed by atoms with van der Waals surface area (Å²) in [6.07, 6.45) is 0.621. The summed E-state index contributed by atoms with van der Waals surface area (Å²) in [5.41, 5.74) is 2.30. The number of aromatic nitrogens is 3. The number of sulfonamides is 1. The Labute approximate surface area is 146 Å². The molecule has 0 radical (unpaired) electrons. The smallest absolute Gasteiger partial charge is 0.264 e. The first kappa shape index (κ1) is 17.2. The predicted octanol–water partition coefficient (Wildman–Crippen LogP) is 3.06. The zero-order valence-corrected chi connectivity index (χ0v) is 15.4. The van der Waals surface area contributed by atoms with Crippen LogP contribution in [0.25, 0.3) is 11.6 Å². The molecule has 0 aliphatic heterocycles. The Morgan fingerprint density at radius 1 is 1.16 bits per heavy atom. The number of nitrogens with zero attached hydrogens (tertiary/aromatic N) is 3. The molecule has 1 aromatic carbocycles. The molecule has 8 heteroatoms. The molecule has 25 heavy (non-hydrogen) atoms. The van der Waals surface area contributed by atoms with Crippen molar-refractivity contribution < 1.29 is 12.8 Å². The lowest BCUT2D eigenvalue weighted by molar-refractivity contribution is 0.508. The number of rotatable bonds is 5. The fraction of sp³-hybridized carbons (Fsp3) is 0.294. The molecular weight excluding hydrogens is 340 g/mol. The van der Waals surface area contributed by atoms with Gasteiger partial charge in [0.15, 0.2) is 0 Å². The minimum absolute atomic E-state index is 0.227. The first-order valence-electron chi connectivity index (χ1n) is 7.91. The van der Waals surface area contributed by atoms with Gasteiger partial charge in [0, 0.05) is 30.4 Å². The van der Waals surface area contributed by atoms with Gasteiger partial charge in [0.1, 0.15) is 10.6 Å². The molecule has 132 valence electrons.